The van der Waals surface area contributed by atoms with Gasteiger partial charge in [0, 0.05) is 12.0 Å². The summed E-state index contributed by atoms with van der Waals surface area (Å²) in [5, 5.41) is 7.41. The van der Waals surface area contributed by atoms with E-state index in [4.69, 9.17) is 4.52 Å². The first-order chi connectivity index (χ1) is 12.8. The fraction of sp³-hybridized carbons (Fsp3) is 0.636. The molecule has 4 nitrogen and oxygen atoms in total. The van der Waals surface area contributed by atoms with E-state index in [1.54, 1.807) is 0 Å². The molecule has 3 rings (SSSR count). The van der Waals surface area contributed by atoms with Crippen LogP contribution < -0.4 is 5.32 Å². The van der Waals surface area contributed by atoms with E-state index in [1.165, 1.54) is 63.4 Å². The minimum atomic E-state index is 0. The van der Waals surface area contributed by atoms with Gasteiger partial charge in [0.25, 0.3) is 0 Å². The number of unbranched alkanes of at least 4 members (excludes halogenated alkanes) is 7. The van der Waals surface area contributed by atoms with Crippen LogP contribution in [0.5, 0.6) is 0 Å². The quantitative estimate of drug-likeness (QED) is 0.478. The number of nitrogens with one attached hydrogen (secondary N) is 1. The third kappa shape index (κ3) is 7.27. The van der Waals surface area contributed by atoms with Crippen LogP contribution in [0.2, 0.25) is 0 Å². The smallest absolute Gasteiger partial charge is 0.227 e. The Bertz CT molecular complexity index is 637. The van der Waals surface area contributed by atoms with Gasteiger partial charge in [-0.3, -0.25) is 0 Å². The highest BCUT2D eigenvalue weighted by molar-refractivity contribution is 5.85. The van der Waals surface area contributed by atoms with E-state index in [1.807, 2.05) is 0 Å². The molecular formula is C22H34ClN3O. The van der Waals surface area contributed by atoms with Crippen molar-refractivity contribution in [1.29, 1.82) is 0 Å². The lowest BCUT2D eigenvalue weighted by atomic mass is 10.00. The predicted molar refractivity (Wildman–Crippen MR) is 113 cm³/mol. The summed E-state index contributed by atoms with van der Waals surface area (Å²) in [7, 11) is 0. The Hall–Kier alpha value is -1.39. The molecule has 27 heavy (non-hydrogen) atoms. The maximum atomic E-state index is 5.39. The minimum absolute atomic E-state index is 0. The van der Waals surface area contributed by atoms with E-state index < -0.39 is 0 Å². The second kappa shape index (κ2) is 12.1. The number of aryl methyl sites for hydroxylation is 1. The zero-order chi connectivity index (χ0) is 18.0. The molecule has 0 saturated carbocycles. The van der Waals surface area contributed by atoms with Crippen molar-refractivity contribution < 1.29 is 4.52 Å². The van der Waals surface area contributed by atoms with Crippen molar-refractivity contribution in [1.82, 2.24) is 15.5 Å². The molecule has 1 aliphatic rings. The van der Waals surface area contributed by atoms with Gasteiger partial charge >= 0.3 is 0 Å². The SMILES string of the molecule is CCCCCCCCCCc1ccc(-c2noc(CC3CNC3)n2)cc1.Cl. The first kappa shape index (κ1) is 21.9. The fourth-order valence-electron chi connectivity index (χ4n) is 3.48. The van der Waals surface area contributed by atoms with Gasteiger partial charge < -0.3 is 9.84 Å². The molecule has 0 bridgehead atoms. The highest BCUT2D eigenvalue weighted by atomic mass is 35.5. The Morgan fingerprint density at radius 2 is 1.63 bits per heavy atom. The molecule has 2 aromatic rings. The van der Waals surface area contributed by atoms with Gasteiger partial charge in [-0.25, -0.2) is 0 Å². The molecule has 0 amide bonds. The summed E-state index contributed by atoms with van der Waals surface area (Å²) in [4.78, 5) is 4.54. The summed E-state index contributed by atoms with van der Waals surface area (Å²) < 4.78 is 5.39. The first-order valence-corrected chi connectivity index (χ1v) is 10.5. The average Bonchev–Trinajstić information content (AvgIpc) is 3.10. The third-order valence-corrected chi connectivity index (χ3v) is 5.33. The van der Waals surface area contributed by atoms with E-state index in [2.05, 4.69) is 46.6 Å². The lowest BCUT2D eigenvalue weighted by Gasteiger charge is -2.25. The Morgan fingerprint density at radius 3 is 2.26 bits per heavy atom. The standard InChI is InChI=1S/C22H33N3O.ClH/c1-2-3-4-5-6-7-8-9-10-18-11-13-20(14-12-18)22-24-21(26-25-22)15-19-16-23-17-19;/h11-14,19,23H,2-10,15-17H2,1H3;1H. The summed E-state index contributed by atoms with van der Waals surface area (Å²) in [6.45, 7) is 4.40. The number of hydrogen-bond acceptors (Lipinski definition) is 4. The van der Waals surface area contributed by atoms with E-state index in [-0.39, 0.29) is 12.4 Å². The van der Waals surface area contributed by atoms with Crippen LogP contribution in [0.25, 0.3) is 11.4 Å². The van der Waals surface area contributed by atoms with Crippen molar-refractivity contribution in [2.45, 2.75) is 71.1 Å². The van der Waals surface area contributed by atoms with Gasteiger partial charge in [-0.05, 0) is 37.4 Å². The van der Waals surface area contributed by atoms with Crippen LogP contribution in [0.15, 0.2) is 28.8 Å². The zero-order valence-corrected chi connectivity index (χ0v) is 17.4. The van der Waals surface area contributed by atoms with Gasteiger partial charge in [0.1, 0.15) is 0 Å². The van der Waals surface area contributed by atoms with E-state index in [9.17, 15) is 0 Å². The summed E-state index contributed by atoms with van der Waals surface area (Å²) in [6.07, 6.45) is 13.0. The number of benzene rings is 1. The van der Waals surface area contributed by atoms with Crippen molar-refractivity contribution in [2.24, 2.45) is 5.92 Å². The molecule has 0 unspecified atom stereocenters. The highest BCUT2D eigenvalue weighted by Crippen LogP contribution is 2.20. The van der Waals surface area contributed by atoms with Crippen LogP contribution >= 0.6 is 12.4 Å². The van der Waals surface area contributed by atoms with Gasteiger partial charge in [0.15, 0.2) is 0 Å². The molecule has 1 aliphatic heterocycles. The number of nitrogens with zero attached hydrogens (tertiary/aromatic N) is 2. The summed E-state index contributed by atoms with van der Waals surface area (Å²) in [6, 6.07) is 8.67. The van der Waals surface area contributed by atoms with Crippen molar-refractivity contribution >= 4 is 12.4 Å². The van der Waals surface area contributed by atoms with Gasteiger partial charge in [-0.15, -0.1) is 12.4 Å². The molecule has 1 fully saturated rings. The van der Waals surface area contributed by atoms with Gasteiger partial charge in [-0.2, -0.15) is 4.98 Å². The lowest BCUT2D eigenvalue weighted by molar-refractivity contribution is 0.296. The maximum absolute atomic E-state index is 5.39. The molecule has 5 heteroatoms. The molecule has 0 atom stereocenters. The molecule has 150 valence electrons. The van der Waals surface area contributed by atoms with Crippen molar-refractivity contribution in [3.05, 3.63) is 35.7 Å². The normalized spacial score (nSPS) is 14.0. The first-order valence-electron chi connectivity index (χ1n) is 10.5. The third-order valence-electron chi connectivity index (χ3n) is 5.33. The molecule has 1 saturated heterocycles. The van der Waals surface area contributed by atoms with E-state index >= 15 is 0 Å². The maximum Gasteiger partial charge on any atom is 0.227 e. The van der Waals surface area contributed by atoms with Crippen LogP contribution in [-0.4, -0.2) is 23.2 Å². The van der Waals surface area contributed by atoms with Crippen molar-refractivity contribution in [3.8, 4) is 11.4 Å². The van der Waals surface area contributed by atoms with E-state index in [0.717, 1.165) is 31.0 Å². The Morgan fingerprint density at radius 1 is 0.963 bits per heavy atom. The monoisotopic (exact) mass is 391 g/mol. The number of aromatic nitrogens is 2. The lowest BCUT2D eigenvalue weighted by Crippen LogP contribution is -2.43. The van der Waals surface area contributed by atoms with Gasteiger partial charge in [0.2, 0.25) is 11.7 Å². The minimum Gasteiger partial charge on any atom is -0.339 e. The van der Waals surface area contributed by atoms with Gasteiger partial charge in [-0.1, -0.05) is 81.3 Å². The predicted octanol–water partition coefficient (Wildman–Crippen LogP) is 5.60. The van der Waals surface area contributed by atoms with Crippen LogP contribution in [0.4, 0.5) is 0 Å². The second-order valence-corrected chi connectivity index (χ2v) is 7.66. The topological polar surface area (TPSA) is 51.0 Å². The van der Waals surface area contributed by atoms with E-state index in [0.29, 0.717) is 11.7 Å². The van der Waals surface area contributed by atoms with Crippen LogP contribution in [0.1, 0.15) is 69.7 Å². The molecule has 0 spiro atoms. The highest BCUT2D eigenvalue weighted by Gasteiger charge is 2.20. The van der Waals surface area contributed by atoms with Crippen LogP contribution in [-0.2, 0) is 12.8 Å². The number of rotatable bonds is 12. The molecular weight excluding hydrogens is 358 g/mol. The zero-order valence-electron chi connectivity index (χ0n) is 16.6. The molecule has 0 aliphatic carbocycles. The van der Waals surface area contributed by atoms with Crippen LogP contribution in [0, 0.1) is 5.92 Å². The average molecular weight is 392 g/mol. The number of halogens is 1. The number of hydrogen-bond donors (Lipinski definition) is 1. The van der Waals surface area contributed by atoms with Gasteiger partial charge in [0.05, 0.1) is 0 Å². The molecule has 2 heterocycles. The Balaban J connectivity index is 0.00000261. The summed E-state index contributed by atoms with van der Waals surface area (Å²) >= 11 is 0. The largest absolute Gasteiger partial charge is 0.339 e. The summed E-state index contributed by atoms with van der Waals surface area (Å²) in [5.41, 5.74) is 2.45. The fourth-order valence-corrected chi connectivity index (χ4v) is 3.48. The molecule has 1 aromatic heterocycles. The van der Waals surface area contributed by atoms with Crippen LogP contribution in [0.3, 0.4) is 0 Å². The van der Waals surface area contributed by atoms with Crippen molar-refractivity contribution in [2.75, 3.05) is 13.1 Å². The molecule has 1 aromatic carbocycles. The molecule has 1 N–H and O–H groups in total. The Kier molecular flexibility index (Phi) is 9.85. The second-order valence-electron chi connectivity index (χ2n) is 7.66. The summed E-state index contributed by atoms with van der Waals surface area (Å²) in [5.74, 6) is 2.12. The van der Waals surface area contributed by atoms with Crippen molar-refractivity contribution in [3.63, 3.8) is 0 Å². The molecule has 0 radical (unpaired) electrons. The Labute approximate surface area is 169 Å².